The lowest BCUT2D eigenvalue weighted by Gasteiger charge is -2.15. The van der Waals surface area contributed by atoms with Crippen molar-refractivity contribution < 1.29 is 23.6 Å². The molecule has 5 aromatic carbocycles. The number of nitrogens with one attached hydrogen (secondary N) is 2. The van der Waals surface area contributed by atoms with Crippen molar-refractivity contribution in [3.63, 3.8) is 0 Å². The third-order valence-electron chi connectivity index (χ3n) is 7.85. The van der Waals surface area contributed by atoms with Crippen LogP contribution in [0.2, 0.25) is 0 Å². The highest BCUT2D eigenvalue weighted by atomic mass is 79.9. The molecule has 50 heavy (non-hydrogen) atoms. The second-order valence-corrected chi connectivity index (χ2v) is 13.5. The first-order valence-electron chi connectivity index (χ1n) is 15.6. The summed E-state index contributed by atoms with van der Waals surface area (Å²) in [5, 5.41) is 4.97. The van der Waals surface area contributed by atoms with Crippen molar-refractivity contribution in [2.45, 2.75) is 16.6 Å². The van der Waals surface area contributed by atoms with E-state index in [2.05, 4.69) is 31.5 Å². The van der Waals surface area contributed by atoms with E-state index in [9.17, 15) is 19.2 Å². The predicted octanol–water partition coefficient (Wildman–Crippen LogP) is 8.09. The third kappa shape index (κ3) is 7.29. The molecule has 1 aliphatic heterocycles. The number of hydrogen-bond acceptors (Lipinski definition) is 7. The maximum Gasteiger partial charge on any atom is 0.272 e. The summed E-state index contributed by atoms with van der Waals surface area (Å²) in [6.45, 7) is 0. The average molecular weight is 744 g/mol. The molecule has 1 aliphatic rings. The van der Waals surface area contributed by atoms with Crippen LogP contribution in [0.15, 0.2) is 147 Å². The van der Waals surface area contributed by atoms with Gasteiger partial charge in [0.15, 0.2) is 5.58 Å². The second kappa shape index (κ2) is 14.4. The van der Waals surface area contributed by atoms with E-state index in [0.29, 0.717) is 34.0 Å². The number of carbonyl (C=O) groups is 4. The lowest BCUT2D eigenvalue weighted by Crippen LogP contribution is -2.31. The topological polar surface area (TPSA) is 122 Å². The zero-order valence-corrected chi connectivity index (χ0v) is 28.6. The molecule has 2 heterocycles. The Bertz CT molecular complexity index is 2240. The Morgan fingerprint density at radius 2 is 1.60 bits per heavy atom. The van der Waals surface area contributed by atoms with Crippen LogP contribution >= 0.6 is 27.7 Å². The van der Waals surface area contributed by atoms with Crippen LogP contribution in [0.1, 0.15) is 22.3 Å². The van der Waals surface area contributed by atoms with Crippen LogP contribution in [0.25, 0.3) is 28.6 Å². The number of imide groups is 1. The van der Waals surface area contributed by atoms with E-state index < -0.39 is 17.1 Å². The molecule has 246 valence electrons. The van der Waals surface area contributed by atoms with Gasteiger partial charge in [-0.1, -0.05) is 58.4 Å². The molecule has 7 rings (SSSR count). The molecule has 0 aliphatic carbocycles. The highest BCUT2D eigenvalue weighted by molar-refractivity contribution is 9.10. The minimum atomic E-state index is -0.604. The lowest BCUT2D eigenvalue weighted by atomic mass is 10.1. The zero-order valence-electron chi connectivity index (χ0n) is 26.2. The maximum absolute atomic E-state index is 13.4. The maximum atomic E-state index is 13.4. The highest BCUT2D eigenvalue weighted by Crippen LogP contribution is 2.35. The van der Waals surface area contributed by atoms with Gasteiger partial charge in [-0.05, 0) is 96.6 Å². The van der Waals surface area contributed by atoms with Crippen LogP contribution in [0.4, 0.5) is 11.4 Å². The van der Waals surface area contributed by atoms with Crippen LogP contribution in [-0.2, 0) is 14.4 Å². The number of hydrogen-bond donors (Lipinski definition) is 2. The minimum absolute atomic E-state index is 0.0553. The van der Waals surface area contributed by atoms with Gasteiger partial charge in [0.05, 0.1) is 10.9 Å². The number of fused-ring (bicyclic) bond motifs is 1. The van der Waals surface area contributed by atoms with E-state index >= 15 is 0 Å². The largest absolute Gasteiger partial charge is 0.436 e. The smallest absolute Gasteiger partial charge is 0.272 e. The Balaban J connectivity index is 1.01. The molecular formula is C39H27BrN4O5S. The molecule has 6 aromatic rings. The van der Waals surface area contributed by atoms with Gasteiger partial charge >= 0.3 is 0 Å². The van der Waals surface area contributed by atoms with E-state index in [0.717, 1.165) is 20.4 Å². The number of carbonyl (C=O) groups excluding carboxylic acids is 4. The Hall–Kier alpha value is -5.78. The van der Waals surface area contributed by atoms with E-state index in [-0.39, 0.29) is 23.9 Å². The van der Waals surface area contributed by atoms with Gasteiger partial charge in [-0.2, -0.15) is 0 Å². The molecule has 0 spiro atoms. The van der Waals surface area contributed by atoms with E-state index in [1.54, 1.807) is 84.9 Å². The third-order valence-corrected chi connectivity index (χ3v) is 9.54. The number of amides is 4. The number of thioether (sulfide) groups is 1. The fourth-order valence-corrected chi connectivity index (χ4v) is 6.87. The Kier molecular flexibility index (Phi) is 9.41. The number of aromatic nitrogens is 1. The van der Waals surface area contributed by atoms with Crippen LogP contribution < -0.4 is 15.5 Å². The molecule has 1 unspecified atom stereocenters. The van der Waals surface area contributed by atoms with Gasteiger partial charge in [0.1, 0.15) is 11.2 Å². The zero-order chi connectivity index (χ0) is 34.6. The summed E-state index contributed by atoms with van der Waals surface area (Å²) in [5.41, 5.74) is 4.32. The minimum Gasteiger partial charge on any atom is -0.436 e. The van der Waals surface area contributed by atoms with Crippen molar-refractivity contribution >= 4 is 79.9 Å². The van der Waals surface area contributed by atoms with Crippen molar-refractivity contribution in [2.24, 2.45) is 0 Å². The fourth-order valence-electron chi connectivity index (χ4n) is 5.40. The van der Waals surface area contributed by atoms with Crippen LogP contribution in [0.3, 0.4) is 0 Å². The first-order valence-corrected chi connectivity index (χ1v) is 17.2. The molecule has 4 amide bonds. The van der Waals surface area contributed by atoms with Gasteiger partial charge in [-0.3, -0.25) is 19.2 Å². The normalized spacial score (nSPS) is 14.6. The van der Waals surface area contributed by atoms with Crippen molar-refractivity contribution in [3.8, 4) is 11.5 Å². The van der Waals surface area contributed by atoms with E-state index in [1.165, 1.54) is 16.7 Å². The molecule has 0 radical (unpaired) electrons. The highest BCUT2D eigenvalue weighted by Gasteiger charge is 2.40. The first kappa shape index (κ1) is 32.8. The fraction of sp³-hybridized carbons (Fsp3) is 0.0513. The molecule has 0 saturated carbocycles. The van der Waals surface area contributed by atoms with Crippen LogP contribution in [0.5, 0.6) is 0 Å². The number of halogens is 1. The Morgan fingerprint density at radius 3 is 2.34 bits per heavy atom. The summed E-state index contributed by atoms with van der Waals surface area (Å²) in [6.07, 6.45) is 1.66. The standard InChI is InChI=1S/C39H27BrN4O5S/c40-27-10-6-7-24(21-27)22-32(42-36(46)25-8-2-1-3-9-25)37(47)41-28-15-19-30(20-16-28)50-34-23-35(45)44(39(34)48)29-17-13-26(14-18-29)38-43-31-11-4-5-12-33(31)49-38/h1-22,34H,23H2,(H,41,47)(H,42,46)/b32-22-. The van der Waals surface area contributed by atoms with Gasteiger partial charge in [-0.25, -0.2) is 9.88 Å². The van der Waals surface area contributed by atoms with Crippen molar-refractivity contribution in [2.75, 3.05) is 10.2 Å². The average Bonchev–Trinajstić information content (AvgIpc) is 3.69. The summed E-state index contributed by atoms with van der Waals surface area (Å²) in [7, 11) is 0. The summed E-state index contributed by atoms with van der Waals surface area (Å²) in [4.78, 5) is 59.2. The van der Waals surface area contributed by atoms with Gasteiger partial charge in [0.2, 0.25) is 17.7 Å². The van der Waals surface area contributed by atoms with Gasteiger partial charge in [0.25, 0.3) is 11.8 Å². The second-order valence-electron chi connectivity index (χ2n) is 11.3. The number of nitrogens with zero attached hydrogens (tertiary/aromatic N) is 2. The number of para-hydroxylation sites is 2. The molecule has 1 fully saturated rings. The van der Waals surface area contributed by atoms with Crippen LogP contribution in [0, 0.1) is 0 Å². The van der Waals surface area contributed by atoms with Gasteiger partial charge in [0, 0.05) is 32.6 Å². The number of anilines is 2. The molecule has 2 N–H and O–H groups in total. The summed E-state index contributed by atoms with van der Waals surface area (Å²) in [5.74, 6) is -1.06. The molecule has 1 aromatic heterocycles. The van der Waals surface area contributed by atoms with Crippen molar-refractivity contribution in [3.05, 3.63) is 149 Å². The van der Waals surface area contributed by atoms with Gasteiger partial charge < -0.3 is 15.1 Å². The van der Waals surface area contributed by atoms with Crippen LogP contribution in [-0.4, -0.2) is 33.9 Å². The number of rotatable bonds is 9. The number of oxazole rings is 1. The Morgan fingerprint density at radius 1 is 0.860 bits per heavy atom. The van der Waals surface area contributed by atoms with E-state index in [4.69, 9.17) is 4.42 Å². The Labute approximate surface area is 299 Å². The molecule has 0 bridgehead atoms. The van der Waals surface area contributed by atoms with Gasteiger partial charge in [-0.15, -0.1) is 11.8 Å². The molecular weight excluding hydrogens is 716 g/mol. The summed E-state index contributed by atoms with van der Waals surface area (Å²) < 4.78 is 6.67. The summed E-state index contributed by atoms with van der Waals surface area (Å²) >= 11 is 4.72. The van der Waals surface area contributed by atoms with Crippen molar-refractivity contribution in [1.29, 1.82) is 0 Å². The number of benzene rings is 5. The molecule has 1 saturated heterocycles. The molecule has 9 nitrogen and oxygen atoms in total. The summed E-state index contributed by atoms with van der Waals surface area (Å²) in [6, 6.07) is 37.4. The SMILES string of the molecule is O=C(Nc1ccc(SC2CC(=O)N(c3ccc(-c4nc5ccccc5o4)cc3)C2=O)cc1)/C(=C/c1cccc(Br)c1)NC(=O)c1ccccc1. The predicted molar refractivity (Wildman–Crippen MR) is 197 cm³/mol. The quantitative estimate of drug-likeness (QED) is 0.113. The molecule has 1 atom stereocenters. The molecule has 11 heteroatoms. The lowest BCUT2D eigenvalue weighted by molar-refractivity contribution is -0.121. The van der Waals surface area contributed by atoms with Crippen molar-refractivity contribution in [1.82, 2.24) is 10.3 Å². The first-order chi connectivity index (χ1) is 24.3. The monoisotopic (exact) mass is 742 g/mol. The van der Waals surface area contributed by atoms with E-state index in [1.807, 2.05) is 48.5 Å².